The van der Waals surface area contributed by atoms with E-state index in [0.29, 0.717) is 12.1 Å². The van der Waals surface area contributed by atoms with Crippen LogP contribution in [0.3, 0.4) is 0 Å². The lowest BCUT2D eigenvalue weighted by Crippen LogP contribution is -2.27. The van der Waals surface area contributed by atoms with Crippen molar-refractivity contribution < 1.29 is 13.5 Å². The molecule has 0 radical (unpaired) electrons. The summed E-state index contributed by atoms with van der Waals surface area (Å²) < 4.78 is 25.8. The molecule has 0 fully saturated rings. The van der Waals surface area contributed by atoms with Gasteiger partial charge in [0.2, 0.25) is 10.0 Å². The van der Waals surface area contributed by atoms with Gasteiger partial charge >= 0.3 is 0 Å². The molecule has 0 aliphatic carbocycles. The topological polar surface area (TPSA) is 57.6 Å². The first kappa shape index (κ1) is 15.7. The second kappa shape index (κ2) is 7.29. The molecule has 1 aromatic rings. The maximum atomic E-state index is 12.2. The van der Waals surface area contributed by atoms with E-state index in [1.807, 2.05) is 6.92 Å². The monoisotopic (exact) mass is 281 g/mol. The lowest BCUT2D eigenvalue weighted by atomic mass is 10.2. The third kappa shape index (κ3) is 4.35. The fourth-order valence-electron chi connectivity index (χ4n) is 1.53. The molecule has 0 heterocycles. The molecular formula is C14H19NO3S. The number of nitrogens with zero attached hydrogens (tertiary/aromatic N) is 1. The molecule has 0 saturated heterocycles. The van der Waals surface area contributed by atoms with E-state index in [1.54, 1.807) is 31.3 Å². The van der Waals surface area contributed by atoms with Crippen molar-refractivity contribution in [1.82, 2.24) is 4.31 Å². The molecule has 19 heavy (non-hydrogen) atoms. The van der Waals surface area contributed by atoms with Crippen LogP contribution in [0.1, 0.15) is 25.3 Å². The van der Waals surface area contributed by atoms with Gasteiger partial charge in [-0.15, -0.1) is 0 Å². The lowest BCUT2D eigenvalue weighted by Gasteiger charge is -2.16. The number of aliphatic hydroxyl groups is 1. The molecule has 0 bridgehead atoms. The second-order valence-corrected chi connectivity index (χ2v) is 6.21. The Balaban J connectivity index is 2.90. The quantitative estimate of drug-likeness (QED) is 0.831. The van der Waals surface area contributed by atoms with Crippen LogP contribution in [-0.4, -0.2) is 38.0 Å². The number of hydrogen-bond donors (Lipinski definition) is 1. The molecule has 0 aromatic heterocycles. The van der Waals surface area contributed by atoms with Gasteiger partial charge in [-0.25, -0.2) is 12.7 Å². The van der Waals surface area contributed by atoms with Crippen molar-refractivity contribution in [2.75, 3.05) is 20.2 Å². The number of sulfonamides is 1. The molecule has 0 aliphatic rings. The van der Waals surface area contributed by atoms with Gasteiger partial charge in [0.25, 0.3) is 0 Å². The predicted octanol–water partition coefficient (Wildman–Crippen LogP) is 1.45. The number of aliphatic hydroxyl groups excluding tert-OH is 1. The highest BCUT2D eigenvalue weighted by molar-refractivity contribution is 7.89. The Morgan fingerprint density at radius 1 is 1.26 bits per heavy atom. The van der Waals surface area contributed by atoms with Gasteiger partial charge in [-0.3, -0.25) is 0 Å². The highest BCUT2D eigenvalue weighted by Crippen LogP contribution is 2.15. The van der Waals surface area contributed by atoms with Crippen molar-refractivity contribution in [2.45, 2.75) is 24.7 Å². The van der Waals surface area contributed by atoms with E-state index in [0.717, 1.165) is 12.8 Å². The molecule has 1 rings (SSSR count). The SMILES string of the molecule is CCCCN(C)S(=O)(=O)c1ccc(C#CCO)cc1. The molecule has 1 aromatic carbocycles. The summed E-state index contributed by atoms with van der Waals surface area (Å²) >= 11 is 0. The standard InChI is InChI=1S/C14H19NO3S/c1-3-4-11-15(2)19(17,18)14-9-7-13(8-10-14)6-5-12-16/h7-10,16H,3-4,11-12H2,1-2H3. The van der Waals surface area contributed by atoms with Crippen LogP contribution in [0, 0.1) is 11.8 Å². The maximum Gasteiger partial charge on any atom is 0.242 e. The van der Waals surface area contributed by atoms with Crippen molar-refractivity contribution in [1.29, 1.82) is 0 Å². The normalized spacial score (nSPS) is 11.2. The van der Waals surface area contributed by atoms with Gasteiger partial charge in [0.05, 0.1) is 4.90 Å². The van der Waals surface area contributed by atoms with Crippen LogP contribution in [-0.2, 0) is 10.0 Å². The van der Waals surface area contributed by atoms with Crippen LogP contribution in [0.5, 0.6) is 0 Å². The molecule has 104 valence electrons. The van der Waals surface area contributed by atoms with E-state index in [9.17, 15) is 8.42 Å². The van der Waals surface area contributed by atoms with Crippen LogP contribution in [0.15, 0.2) is 29.2 Å². The first-order valence-electron chi connectivity index (χ1n) is 6.18. The summed E-state index contributed by atoms with van der Waals surface area (Å²) in [5, 5.41) is 8.59. The Labute approximate surface area is 115 Å². The first-order valence-corrected chi connectivity index (χ1v) is 7.62. The minimum atomic E-state index is -3.41. The smallest absolute Gasteiger partial charge is 0.242 e. The molecule has 0 unspecified atom stereocenters. The van der Waals surface area contributed by atoms with Gasteiger partial charge < -0.3 is 5.11 Å². The molecule has 0 saturated carbocycles. The Hall–Kier alpha value is -1.35. The van der Waals surface area contributed by atoms with Gasteiger partial charge in [0.15, 0.2) is 0 Å². The summed E-state index contributed by atoms with van der Waals surface area (Å²) in [5.74, 6) is 5.25. The minimum Gasteiger partial charge on any atom is -0.384 e. The Morgan fingerprint density at radius 3 is 2.42 bits per heavy atom. The molecule has 4 nitrogen and oxygen atoms in total. The zero-order valence-corrected chi connectivity index (χ0v) is 12.1. The largest absolute Gasteiger partial charge is 0.384 e. The highest BCUT2D eigenvalue weighted by atomic mass is 32.2. The molecule has 5 heteroatoms. The highest BCUT2D eigenvalue weighted by Gasteiger charge is 2.19. The molecule has 0 atom stereocenters. The fourth-order valence-corrected chi connectivity index (χ4v) is 2.74. The van der Waals surface area contributed by atoms with Crippen LogP contribution in [0.4, 0.5) is 0 Å². The average Bonchev–Trinajstić information content (AvgIpc) is 2.42. The number of hydrogen-bond acceptors (Lipinski definition) is 3. The Bertz CT molecular complexity index is 553. The van der Waals surface area contributed by atoms with Gasteiger partial charge in [0.1, 0.15) is 6.61 Å². The van der Waals surface area contributed by atoms with E-state index in [1.165, 1.54) is 4.31 Å². The van der Waals surface area contributed by atoms with Gasteiger partial charge in [-0.1, -0.05) is 25.2 Å². The summed E-state index contributed by atoms with van der Waals surface area (Å²) in [6, 6.07) is 6.37. The third-order valence-corrected chi connectivity index (χ3v) is 4.57. The zero-order valence-electron chi connectivity index (χ0n) is 11.3. The van der Waals surface area contributed by atoms with Crippen LogP contribution >= 0.6 is 0 Å². The lowest BCUT2D eigenvalue weighted by molar-refractivity contribution is 0.350. The van der Waals surface area contributed by atoms with E-state index >= 15 is 0 Å². The van der Waals surface area contributed by atoms with Gasteiger partial charge in [0, 0.05) is 19.2 Å². The number of rotatable bonds is 5. The Morgan fingerprint density at radius 2 is 1.89 bits per heavy atom. The summed E-state index contributed by atoms with van der Waals surface area (Å²) in [4.78, 5) is 0.264. The van der Waals surface area contributed by atoms with E-state index in [4.69, 9.17) is 5.11 Å². The molecular weight excluding hydrogens is 262 g/mol. The van der Waals surface area contributed by atoms with Crippen molar-refractivity contribution in [2.24, 2.45) is 0 Å². The number of unbranched alkanes of at least 4 members (excludes halogenated alkanes) is 1. The fraction of sp³-hybridized carbons (Fsp3) is 0.429. The predicted molar refractivity (Wildman–Crippen MR) is 75.1 cm³/mol. The van der Waals surface area contributed by atoms with Crippen LogP contribution in [0.2, 0.25) is 0 Å². The average molecular weight is 281 g/mol. The summed E-state index contributed by atoms with van der Waals surface area (Å²) in [7, 11) is -1.82. The van der Waals surface area contributed by atoms with Crippen molar-refractivity contribution >= 4 is 10.0 Å². The summed E-state index contributed by atoms with van der Waals surface area (Å²) in [5.41, 5.74) is 0.684. The summed E-state index contributed by atoms with van der Waals surface area (Å²) in [6.07, 6.45) is 1.80. The first-order chi connectivity index (χ1) is 9.02. The van der Waals surface area contributed by atoms with Crippen LogP contribution < -0.4 is 0 Å². The van der Waals surface area contributed by atoms with E-state index in [2.05, 4.69) is 11.8 Å². The van der Waals surface area contributed by atoms with Gasteiger partial charge in [-0.2, -0.15) is 0 Å². The minimum absolute atomic E-state index is 0.209. The maximum absolute atomic E-state index is 12.2. The molecule has 0 amide bonds. The third-order valence-electron chi connectivity index (χ3n) is 2.70. The zero-order chi connectivity index (χ0) is 14.3. The second-order valence-electron chi connectivity index (χ2n) is 4.16. The van der Waals surface area contributed by atoms with Crippen LogP contribution in [0.25, 0.3) is 0 Å². The molecule has 0 spiro atoms. The molecule has 0 aliphatic heterocycles. The van der Waals surface area contributed by atoms with Crippen molar-refractivity contribution in [3.05, 3.63) is 29.8 Å². The van der Waals surface area contributed by atoms with E-state index in [-0.39, 0.29) is 11.5 Å². The summed E-state index contributed by atoms with van der Waals surface area (Å²) in [6.45, 7) is 2.33. The Kier molecular flexibility index (Phi) is 6.03. The number of benzene rings is 1. The van der Waals surface area contributed by atoms with Crippen molar-refractivity contribution in [3.8, 4) is 11.8 Å². The van der Waals surface area contributed by atoms with E-state index < -0.39 is 10.0 Å². The molecule has 1 N–H and O–H groups in total. The van der Waals surface area contributed by atoms with Crippen molar-refractivity contribution in [3.63, 3.8) is 0 Å². The van der Waals surface area contributed by atoms with Gasteiger partial charge in [-0.05, 0) is 30.7 Å².